The molecule has 2 heterocycles. The number of hydrogen-bond acceptors (Lipinski definition) is 4. The monoisotopic (exact) mass is 527 g/mol. The Morgan fingerprint density at radius 3 is 2.59 bits per heavy atom. The smallest absolute Gasteiger partial charge is 0.351 e. The Bertz CT molecular complexity index is 1420. The first-order valence-corrected chi connectivity index (χ1v) is 12.4. The van der Waals surface area contributed by atoms with E-state index in [0.29, 0.717) is 35.9 Å². The minimum atomic E-state index is -4.89. The predicted molar refractivity (Wildman–Crippen MR) is 138 cm³/mol. The molecule has 37 heavy (non-hydrogen) atoms. The molecule has 1 fully saturated rings. The van der Waals surface area contributed by atoms with E-state index in [-0.39, 0.29) is 6.04 Å². The van der Waals surface area contributed by atoms with Gasteiger partial charge in [0.05, 0.1) is 22.4 Å². The fourth-order valence-electron chi connectivity index (χ4n) is 4.99. The van der Waals surface area contributed by atoms with Crippen molar-refractivity contribution < 1.29 is 18.0 Å². The number of alkyl halides is 3. The Morgan fingerprint density at radius 1 is 1.11 bits per heavy atom. The number of carbonyl (C=O) groups excluding carboxylic acids is 1. The molecule has 10 heteroatoms. The van der Waals surface area contributed by atoms with E-state index in [9.17, 15) is 18.0 Å². The number of hydrogen-bond donors (Lipinski definition) is 1. The zero-order chi connectivity index (χ0) is 26.2. The van der Waals surface area contributed by atoms with E-state index in [4.69, 9.17) is 16.6 Å². The SMILES string of the molecule is CN(C(=O)C(F)(F)F)[C@H]1CCC[C@@H](Nc2ncc(Cl)c(-c3cn(-c4ccccc4)c4ccccc34)n2)C1. The Kier molecular flexibility index (Phi) is 6.81. The number of anilines is 1. The maximum absolute atomic E-state index is 12.9. The van der Waals surface area contributed by atoms with Crippen LogP contribution in [0.5, 0.6) is 0 Å². The molecule has 5 rings (SSSR count). The van der Waals surface area contributed by atoms with Crippen molar-refractivity contribution in [1.82, 2.24) is 19.4 Å². The fraction of sp³-hybridized carbons (Fsp3) is 0.296. The maximum Gasteiger partial charge on any atom is 0.471 e. The third kappa shape index (κ3) is 5.13. The van der Waals surface area contributed by atoms with Crippen LogP contribution < -0.4 is 5.32 Å². The van der Waals surface area contributed by atoms with Gasteiger partial charge >= 0.3 is 12.1 Å². The Morgan fingerprint density at radius 2 is 1.84 bits per heavy atom. The lowest BCUT2D eigenvalue weighted by atomic mass is 9.90. The topological polar surface area (TPSA) is 63.1 Å². The number of carbonyl (C=O) groups is 1. The Labute approximate surface area is 217 Å². The second kappa shape index (κ2) is 10.0. The molecule has 192 valence electrons. The van der Waals surface area contributed by atoms with Crippen LogP contribution in [0.25, 0.3) is 27.8 Å². The summed E-state index contributed by atoms with van der Waals surface area (Å²) in [6, 6.07) is 17.2. The summed E-state index contributed by atoms with van der Waals surface area (Å²) in [5, 5.41) is 4.62. The number of aromatic nitrogens is 3. The van der Waals surface area contributed by atoms with Gasteiger partial charge in [-0.05, 0) is 43.9 Å². The van der Waals surface area contributed by atoms with Crippen molar-refractivity contribution in [2.45, 2.75) is 43.9 Å². The lowest BCUT2D eigenvalue weighted by Gasteiger charge is -2.35. The number of rotatable bonds is 5. The first kappa shape index (κ1) is 25.1. The van der Waals surface area contributed by atoms with Crippen LogP contribution in [0.2, 0.25) is 5.02 Å². The first-order valence-electron chi connectivity index (χ1n) is 12.0. The summed E-state index contributed by atoms with van der Waals surface area (Å²) in [6.45, 7) is 0. The number of para-hydroxylation sites is 2. The minimum absolute atomic E-state index is 0.179. The van der Waals surface area contributed by atoms with Gasteiger partial charge in [-0.2, -0.15) is 13.2 Å². The third-order valence-electron chi connectivity index (χ3n) is 6.84. The molecule has 0 spiro atoms. The summed E-state index contributed by atoms with van der Waals surface area (Å²) in [6.07, 6.45) is 0.937. The molecule has 1 saturated carbocycles. The van der Waals surface area contributed by atoms with Crippen LogP contribution in [-0.4, -0.2) is 50.6 Å². The van der Waals surface area contributed by atoms with E-state index in [1.165, 1.54) is 13.2 Å². The number of fused-ring (bicyclic) bond motifs is 1. The van der Waals surface area contributed by atoms with Gasteiger partial charge in [-0.15, -0.1) is 0 Å². The number of benzene rings is 2. The quantitative estimate of drug-likeness (QED) is 0.322. The van der Waals surface area contributed by atoms with Gasteiger partial charge in [0.15, 0.2) is 0 Å². The highest BCUT2D eigenvalue weighted by atomic mass is 35.5. The molecule has 0 aliphatic heterocycles. The maximum atomic E-state index is 12.9. The number of nitrogens with zero attached hydrogens (tertiary/aromatic N) is 4. The van der Waals surface area contributed by atoms with Gasteiger partial charge in [-0.1, -0.05) is 48.0 Å². The van der Waals surface area contributed by atoms with Gasteiger partial charge in [-0.3, -0.25) is 4.79 Å². The van der Waals surface area contributed by atoms with Crippen molar-refractivity contribution in [3.8, 4) is 16.9 Å². The van der Waals surface area contributed by atoms with E-state index in [1.54, 1.807) is 0 Å². The fourth-order valence-corrected chi connectivity index (χ4v) is 5.18. The molecular formula is C27H25ClF3N5O. The summed E-state index contributed by atoms with van der Waals surface area (Å²) < 4.78 is 40.8. The molecule has 0 radical (unpaired) electrons. The molecule has 2 aromatic carbocycles. The van der Waals surface area contributed by atoms with Gasteiger partial charge in [0.1, 0.15) is 0 Å². The Hall–Kier alpha value is -3.59. The van der Waals surface area contributed by atoms with Crippen molar-refractivity contribution in [3.63, 3.8) is 0 Å². The van der Waals surface area contributed by atoms with Crippen LogP contribution >= 0.6 is 11.6 Å². The summed E-state index contributed by atoms with van der Waals surface area (Å²) >= 11 is 6.56. The van der Waals surface area contributed by atoms with Gasteiger partial charge in [0.2, 0.25) is 5.95 Å². The molecule has 1 amide bonds. The largest absolute Gasteiger partial charge is 0.471 e. The second-order valence-corrected chi connectivity index (χ2v) is 9.64. The Balaban J connectivity index is 1.43. The third-order valence-corrected chi connectivity index (χ3v) is 7.11. The highest BCUT2D eigenvalue weighted by Crippen LogP contribution is 2.36. The zero-order valence-electron chi connectivity index (χ0n) is 20.0. The normalized spacial score (nSPS) is 18.1. The number of amides is 1. The molecule has 1 aliphatic carbocycles. The number of nitrogens with one attached hydrogen (secondary N) is 1. The molecule has 4 aromatic rings. The van der Waals surface area contributed by atoms with Crippen LogP contribution in [0, 0.1) is 0 Å². The zero-order valence-corrected chi connectivity index (χ0v) is 20.8. The van der Waals surface area contributed by atoms with Crippen molar-refractivity contribution in [1.29, 1.82) is 0 Å². The molecule has 2 aromatic heterocycles. The van der Waals surface area contributed by atoms with Crippen molar-refractivity contribution in [3.05, 3.63) is 72.0 Å². The van der Waals surface area contributed by atoms with Crippen LogP contribution in [0.15, 0.2) is 67.0 Å². The van der Waals surface area contributed by atoms with E-state index < -0.39 is 18.1 Å². The standard InChI is InChI=1S/C27H25ClF3N5O/c1-35(25(37)27(29,30)31)19-11-7-8-17(14-19)33-26-32-15-22(28)24(34-26)21-16-36(18-9-3-2-4-10-18)23-13-6-5-12-20(21)23/h2-6,9-10,12-13,15-17,19H,7-8,11,14H2,1H3,(H,32,33,34)/t17-,19+/m1/s1. The van der Waals surface area contributed by atoms with Crippen LogP contribution in [-0.2, 0) is 4.79 Å². The molecule has 6 nitrogen and oxygen atoms in total. The summed E-state index contributed by atoms with van der Waals surface area (Å²) in [7, 11) is 1.21. The minimum Gasteiger partial charge on any atom is -0.351 e. The van der Waals surface area contributed by atoms with Crippen molar-refractivity contribution in [2.75, 3.05) is 12.4 Å². The average molecular weight is 528 g/mol. The van der Waals surface area contributed by atoms with Crippen LogP contribution in [0.3, 0.4) is 0 Å². The molecule has 0 unspecified atom stereocenters. The lowest BCUT2D eigenvalue weighted by molar-refractivity contribution is -0.186. The molecule has 0 saturated heterocycles. The second-order valence-electron chi connectivity index (χ2n) is 9.23. The molecule has 2 atom stereocenters. The predicted octanol–water partition coefficient (Wildman–Crippen LogP) is 6.48. The summed E-state index contributed by atoms with van der Waals surface area (Å²) in [5.74, 6) is -1.48. The molecule has 1 N–H and O–H groups in total. The summed E-state index contributed by atoms with van der Waals surface area (Å²) in [4.78, 5) is 21.6. The number of halogens is 4. The van der Waals surface area contributed by atoms with E-state index in [2.05, 4.69) is 14.9 Å². The van der Waals surface area contributed by atoms with E-state index in [1.807, 2.05) is 60.8 Å². The first-order chi connectivity index (χ1) is 17.7. The molecule has 0 bridgehead atoms. The van der Waals surface area contributed by atoms with Gasteiger partial charge in [-0.25, -0.2) is 9.97 Å². The average Bonchev–Trinajstić information content (AvgIpc) is 3.28. The van der Waals surface area contributed by atoms with Crippen LogP contribution in [0.4, 0.5) is 19.1 Å². The lowest BCUT2D eigenvalue weighted by Crippen LogP contribution is -2.48. The van der Waals surface area contributed by atoms with Crippen molar-refractivity contribution >= 4 is 34.4 Å². The summed E-state index contributed by atoms with van der Waals surface area (Å²) in [5.41, 5.74) is 3.40. The van der Waals surface area contributed by atoms with Gasteiger partial charge in [0, 0.05) is 42.0 Å². The molecular weight excluding hydrogens is 503 g/mol. The van der Waals surface area contributed by atoms with Crippen molar-refractivity contribution in [2.24, 2.45) is 0 Å². The highest BCUT2D eigenvalue weighted by molar-refractivity contribution is 6.33. The molecule has 1 aliphatic rings. The highest BCUT2D eigenvalue weighted by Gasteiger charge is 2.43. The van der Waals surface area contributed by atoms with Gasteiger partial charge < -0.3 is 14.8 Å². The van der Waals surface area contributed by atoms with E-state index in [0.717, 1.165) is 33.5 Å². The van der Waals surface area contributed by atoms with E-state index >= 15 is 0 Å². The van der Waals surface area contributed by atoms with Gasteiger partial charge in [0.25, 0.3) is 0 Å². The van der Waals surface area contributed by atoms with Crippen LogP contribution in [0.1, 0.15) is 25.7 Å².